The second-order valence-corrected chi connectivity index (χ2v) is 9.16. The minimum atomic E-state index is -0.854. The lowest BCUT2D eigenvalue weighted by molar-refractivity contribution is -0.132. The first-order valence-corrected chi connectivity index (χ1v) is 10.6. The van der Waals surface area contributed by atoms with Gasteiger partial charge in [-0.1, -0.05) is 50.6 Å². The zero-order chi connectivity index (χ0) is 23.0. The summed E-state index contributed by atoms with van der Waals surface area (Å²) in [5, 5.41) is 11.6. The highest BCUT2D eigenvalue weighted by Gasteiger charge is 2.47. The van der Waals surface area contributed by atoms with Gasteiger partial charge < -0.3 is 5.11 Å². The third kappa shape index (κ3) is 3.92. The highest BCUT2D eigenvalue weighted by atomic mass is 35.5. The third-order valence-electron chi connectivity index (χ3n) is 5.54. The van der Waals surface area contributed by atoms with E-state index in [1.54, 1.807) is 48.7 Å². The molecule has 0 saturated carbocycles. The van der Waals surface area contributed by atoms with E-state index in [-0.39, 0.29) is 16.7 Å². The summed E-state index contributed by atoms with van der Waals surface area (Å²) >= 11 is 5.96. The number of Topliss-reactive ketones (excluding diaryl/α,β-unsaturated/α-hetero) is 1. The number of aromatic nitrogens is 1. The Bertz CT molecular complexity index is 1190. The fourth-order valence-corrected chi connectivity index (χ4v) is 3.93. The third-order valence-corrected chi connectivity index (χ3v) is 5.79. The van der Waals surface area contributed by atoms with Crippen molar-refractivity contribution in [1.29, 1.82) is 0 Å². The number of aliphatic hydroxyl groups is 1. The van der Waals surface area contributed by atoms with Gasteiger partial charge in [-0.25, -0.2) is 0 Å². The lowest BCUT2D eigenvalue weighted by Crippen LogP contribution is -2.30. The molecule has 0 radical (unpaired) electrons. The molecule has 1 aromatic heterocycles. The maximum Gasteiger partial charge on any atom is 0.300 e. The first-order valence-electron chi connectivity index (χ1n) is 10.3. The summed E-state index contributed by atoms with van der Waals surface area (Å²) in [6, 6.07) is 18.4. The van der Waals surface area contributed by atoms with Crippen LogP contribution in [0.3, 0.4) is 0 Å². The molecule has 32 heavy (non-hydrogen) atoms. The van der Waals surface area contributed by atoms with Gasteiger partial charge in [0.15, 0.2) is 0 Å². The molecule has 1 fully saturated rings. The van der Waals surface area contributed by atoms with Crippen LogP contribution < -0.4 is 4.90 Å². The summed E-state index contributed by atoms with van der Waals surface area (Å²) in [7, 11) is 0. The van der Waals surface area contributed by atoms with Crippen LogP contribution in [0.15, 0.2) is 78.5 Å². The van der Waals surface area contributed by atoms with Crippen molar-refractivity contribution < 1.29 is 14.7 Å². The van der Waals surface area contributed by atoms with E-state index in [9.17, 15) is 14.7 Å². The Morgan fingerprint density at radius 1 is 0.969 bits per heavy atom. The van der Waals surface area contributed by atoms with Gasteiger partial charge in [-0.15, -0.1) is 0 Å². The van der Waals surface area contributed by atoms with Crippen molar-refractivity contribution >= 4 is 34.7 Å². The summed E-state index contributed by atoms with van der Waals surface area (Å²) in [4.78, 5) is 32.1. The van der Waals surface area contributed by atoms with E-state index >= 15 is 0 Å². The van der Waals surface area contributed by atoms with Crippen molar-refractivity contribution in [3.05, 3.63) is 100 Å². The van der Waals surface area contributed by atoms with Crippen LogP contribution in [0.5, 0.6) is 0 Å². The maximum atomic E-state index is 13.2. The van der Waals surface area contributed by atoms with Crippen molar-refractivity contribution in [2.45, 2.75) is 32.2 Å². The number of amides is 1. The average molecular weight is 447 g/mol. The van der Waals surface area contributed by atoms with E-state index < -0.39 is 17.7 Å². The highest BCUT2D eigenvalue weighted by Crippen LogP contribution is 2.41. The van der Waals surface area contributed by atoms with Gasteiger partial charge in [0.1, 0.15) is 11.8 Å². The Kier molecular flexibility index (Phi) is 5.61. The number of anilines is 1. The lowest BCUT2D eigenvalue weighted by Gasteiger charge is -2.26. The Hall–Kier alpha value is -3.44. The van der Waals surface area contributed by atoms with E-state index in [0.717, 1.165) is 5.56 Å². The molecule has 162 valence electrons. The molecule has 5 nitrogen and oxygen atoms in total. The number of pyridine rings is 1. The molecule has 0 aliphatic carbocycles. The van der Waals surface area contributed by atoms with Crippen molar-refractivity contribution in [2.24, 2.45) is 0 Å². The monoisotopic (exact) mass is 446 g/mol. The van der Waals surface area contributed by atoms with Crippen molar-refractivity contribution in [2.75, 3.05) is 4.90 Å². The number of benzene rings is 2. The lowest BCUT2D eigenvalue weighted by atomic mass is 9.87. The van der Waals surface area contributed by atoms with Gasteiger partial charge in [0, 0.05) is 22.5 Å². The van der Waals surface area contributed by atoms with E-state index in [1.807, 2.05) is 24.3 Å². The molecule has 6 heteroatoms. The van der Waals surface area contributed by atoms with Crippen LogP contribution in [0.4, 0.5) is 5.69 Å². The van der Waals surface area contributed by atoms with Crippen LogP contribution in [-0.2, 0) is 15.0 Å². The summed E-state index contributed by atoms with van der Waals surface area (Å²) in [6.07, 6.45) is 1.60. The predicted octanol–water partition coefficient (Wildman–Crippen LogP) is 5.66. The van der Waals surface area contributed by atoms with Crippen LogP contribution in [0, 0.1) is 0 Å². The number of hydrogen-bond donors (Lipinski definition) is 1. The zero-order valence-corrected chi connectivity index (χ0v) is 18.8. The molecule has 1 unspecified atom stereocenters. The molecule has 0 bridgehead atoms. The number of halogens is 1. The van der Waals surface area contributed by atoms with Gasteiger partial charge in [-0.2, -0.15) is 0 Å². The zero-order valence-electron chi connectivity index (χ0n) is 18.0. The van der Waals surface area contributed by atoms with Gasteiger partial charge in [0.25, 0.3) is 11.7 Å². The molecule has 4 rings (SSSR count). The normalized spacial score (nSPS) is 18.2. The number of carbonyl (C=O) groups is 2. The van der Waals surface area contributed by atoms with Gasteiger partial charge >= 0.3 is 0 Å². The fourth-order valence-electron chi connectivity index (χ4n) is 3.80. The first kappa shape index (κ1) is 21.8. The van der Waals surface area contributed by atoms with Crippen LogP contribution in [0.2, 0.25) is 5.02 Å². The molecule has 1 N–H and O–H groups in total. The van der Waals surface area contributed by atoms with Gasteiger partial charge in [-0.3, -0.25) is 19.5 Å². The molecular formula is C26H23ClN2O3. The summed E-state index contributed by atoms with van der Waals surface area (Å²) in [5.74, 6) is -1.72. The van der Waals surface area contributed by atoms with Crippen LogP contribution >= 0.6 is 11.6 Å². The number of hydrogen-bond acceptors (Lipinski definition) is 4. The Morgan fingerprint density at radius 3 is 2.19 bits per heavy atom. The van der Waals surface area contributed by atoms with E-state index in [4.69, 9.17) is 11.6 Å². The van der Waals surface area contributed by atoms with E-state index in [2.05, 4.69) is 25.8 Å². The van der Waals surface area contributed by atoms with Crippen molar-refractivity contribution in [3.8, 4) is 0 Å². The maximum absolute atomic E-state index is 13.2. The summed E-state index contributed by atoms with van der Waals surface area (Å²) in [6.45, 7) is 6.32. The number of aliphatic hydroxyl groups excluding tert-OH is 1. The molecule has 2 aromatic carbocycles. The van der Waals surface area contributed by atoms with Crippen LogP contribution in [0.25, 0.3) is 5.76 Å². The Balaban J connectivity index is 1.88. The van der Waals surface area contributed by atoms with Crippen molar-refractivity contribution in [1.82, 2.24) is 4.98 Å². The van der Waals surface area contributed by atoms with Gasteiger partial charge in [-0.05, 0) is 59.5 Å². The Labute approximate surface area is 192 Å². The second kappa shape index (κ2) is 8.24. The largest absolute Gasteiger partial charge is 0.507 e. The highest BCUT2D eigenvalue weighted by molar-refractivity contribution is 6.51. The molecule has 1 atom stereocenters. The number of nitrogens with zero attached hydrogens (tertiary/aromatic N) is 2. The quantitative estimate of drug-likeness (QED) is 0.320. The summed E-state index contributed by atoms with van der Waals surface area (Å²) in [5.41, 5.74) is 2.50. The van der Waals surface area contributed by atoms with Crippen LogP contribution in [-0.4, -0.2) is 21.8 Å². The predicted molar refractivity (Wildman–Crippen MR) is 126 cm³/mol. The molecule has 0 spiro atoms. The molecule has 1 aliphatic rings. The second-order valence-electron chi connectivity index (χ2n) is 8.73. The topological polar surface area (TPSA) is 70.5 Å². The van der Waals surface area contributed by atoms with E-state index in [1.165, 1.54) is 4.90 Å². The average Bonchev–Trinajstić information content (AvgIpc) is 3.04. The number of carbonyl (C=O) groups excluding carboxylic acids is 2. The molecule has 3 aromatic rings. The first-order chi connectivity index (χ1) is 15.2. The molecule has 1 saturated heterocycles. The number of ketones is 1. The van der Waals surface area contributed by atoms with Crippen molar-refractivity contribution in [3.63, 3.8) is 0 Å². The van der Waals surface area contributed by atoms with Crippen LogP contribution in [0.1, 0.15) is 43.6 Å². The molecule has 1 amide bonds. The number of rotatable bonds is 3. The fraction of sp³-hybridized carbons (Fsp3) is 0.192. The smallest absolute Gasteiger partial charge is 0.300 e. The van der Waals surface area contributed by atoms with Gasteiger partial charge in [0.2, 0.25) is 0 Å². The van der Waals surface area contributed by atoms with Gasteiger partial charge in [0.05, 0.1) is 11.3 Å². The minimum Gasteiger partial charge on any atom is -0.507 e. The molecule has 2 heterocycles. The van der Waals surface area contributed by atoms with E-state index in [0.29, 0.717) is 22.0 Å². The Morgan fingerprint density at radius 2 is 1.62 bits per heavy atom. The SMILES string of the molecule is CC(C)(C)c1ccc(N2C(=O)C(=O)/C(=C(/O)c3ccc(Cl)cc3)C2c2ccccn2)cc1. The summed E-state index contributed by atoms with van der Waals surface area (Å²) < 4.78 is 0. The minimum absolute atomic E-state index is 0.00378. The molecule has 1 aliphatic heterocycles. The standard InChI is InChI=1S/C26H23ClN2O3/c1-26(2,3)17-9-13-19(14-10-17)29-22(20-6-4-5-15-28-20)21(24(31)25(29)32)23(30)16-7-11-18(27)12-8-16/h4-15,22,30H,1-3H3/b23-21+. The molecular weight excluding hydrogens is 424 g/mol.